The summed E-state index contributed by atoms with van der Waals surface area (Å²) >= 11 is 6.05. The number of aromatic nitrogens is 2. The molecule has 0 unspecified atom stereocenters. The first kappa shape index (κ1) is 19.0. The Kier molecular flexibility index (Phi) is 4.72. The molecule has 4 rings (SSSR count). The van der Waals surface area contributed by atoms with Crippen LogP contribution >= 0.6 is 11.6 Å². The Morgan fingerprint density at radius 1 is 1.00 bits per heavy atom. The number of anilines is 1. The minimum absolute atomic E-state index is 0.258. The van der Waals surface area contributed by atoms with Crippen LogP contribution in [0, 0.1) is 13.8 Å². The summed E-state index contributed by atoms with van der Waals surface area (Å²) < 4.78 is 1.41. The zero-order chi connectivity index (χ0) is 20.7. The summed E-state index contributed by atoms with van der Waals surface area (Å²) in [5, 5.41) is 9.34. The number of halogens is 1. The molecule has 2 heterocycles. The SMILES string of the molecule is CC1=NN(c2cccc(C)c2)C(=O)/C1=C/c1c(C)[nH]n(-c2cccc(Cl)c2)c1=O. The summed E-state index contributed by atoms with van der Waals surface area (Å²) in [6.45, 7) is 5.51. The summed E-state index contributed by atoms with van der Waals surface area (Å²) in [6.07, 6.45) is 1.60. The highest BCUT2D eigenvalue weighted by Crippen LogP contribution is 2.25. The van der Waals surface area contributed by atoms with Crippen molar-refractivity contribution in [3.8, 4) is 5.69 Å². The normalized spacial score (nSPS) is 15.3. The van der Waals surface area contributed by atoms with E-state index in [1.54, 1.807) is 44.2 Å². The van der Waals surface area contributed by atoms with Crippen molar-refractivity contribution in [1.29, 1.82) is 0 Å². The zero-order valence-corrected chi connectivity index (χ0v) is 17.0. The van der Waals surface area contributed by atoms with E-state index in [1.165, 1.54) is 9.69 Å². The summed E-state index contributed by atoms with van der Waals surface area (Å²) in [5.41, 5.74) is 4.11. The third-order valence-electron chi connectivity index (χ3n) is 4.78. The molecule has 0 spiro atoms. The van der Waals surface area contributed by atoms with Gasteiger partial charge in [0.15, 0.2) is 0 Å². The molecule has 1 aliphatic heterocycles. The van der Waals surface area contributed by atoms with E-state index in [1.807, 2.05) is 31.2 Å². The maximum atomic E-state index is 13.0. The smallest absolute Gasteiger partial charge is 0.280 e. The fraction of sp³-hybridized carbons (Fsp3) is 0.136. The Morgan fingerprint density at radius 3 is 2.45 bits per heavy atom. The second-order valence-corrected chi connectivity index (χ2v) is 7.41. The summed E-state index contributed by atoms with van der Waals surface area (Å²) in [7, 11) is 0. The summed E-state index contributed by atoms with van der Waals surface area (Å²) in [5.74, 6) is -0.262. The fourth-order valence-corrected chi connectivity index (χ4v) is 3.47. The largest absolute Gasteiger partial charge is 0.295 e. The third kappa shape index (κ3) is 3.43. The van der Waals surface area contributed by atoms with Crippen LogP contribution in [0.15, 0.2) is 64.0 Å². The highest BCUT2D eigenvalue weighted by atomic mass is 35.5. The molecule has 0 saturated carbocycles. The number of amides is 1. The first-order valence-corrected chi connectivity index (χ1v) is 9.49. The van der Waals surface area contributed by atoms with Gasteiger partial charge in [-0.2, -0.15) is 10.1 Å². The van der Waals surface area contributed by atoms with Crippen molar-refractivity contribution < 1.29 is 4.79 Å². The third-order valence-corrected chi connectivity index (χ3v) is 5.02. The molecule has 0 aliphatic carbocycles. The molecule has 146 valence electrons. The Balaban J connectivity index is 1.75. The predicted molar refractivity (Wildman–Crippen MR) is 116 cm³/mol. The lowest BCUT2D eigenvalue weighted by Crippen LogP contribution is -2.22. The molecule has 1 N–H and O–H groups in total. The highest BCUT2D eigenvalue weighted by Gasteiger charge is 2.29. The number of carbonyl (C=O) groups excluding carboxylic acids is 1. The second kappa shape index (κ2) is 7.22. The fourth-order valence-electron chi connectivity index (χ4n) is 3.29. The molecule has 1 amide bonds. The quantitative estimate of drug-likeness (QED) is 0.661. The highest BCUT2D eigenvalue weighted by molar-refractivity contribution is 6.32. The van der Waals surface area contributed by atoms with E-state index in [0.717, 1.165) is 5.56 Å². The Morgan fingerprint density at radius 2 is 1.72 bits per heavy atom. The molecule has 0 radical (unpaired) electrons. The lowest BCUT2D eigenvalue weighted by molar-refractivity contribution is -0.114. The molecule has 0 fully saturated rings. The van der Waals surface area contributed by atoms with Crippen molar-refractivity contribution in [2.75, 3.05) is 5.01 Å². The van der Waals surface area contributed by atoms with Gasteiger partial charge in [-0.1, -0.05) is 29.8 Å². The van der Waals surface area contributed by atoms with Gasteiger partial charge in [0.05, 0.1) is 28.2 Å². The average Bonchev–Trinajstić information content (AvgIpc) is 3.13. The van der Waals surface area contributed by atoms with Crippen LogP contribution in [0.5, 0.6) is 0 Å². The number of aromatic amines is 1. The minimum Gasteiger partial charge on any atom is -0.295 e. The van der Waals surface area contributed by atoms with Crippen LogP contribution in [0.3, 0.4) is 0 Å². The number of carbonyl (C=O) groups is 1. The number of rotatable bonds is 3. The molecule has 7 heteroatoms. The number of hydrazone groups is 1. The van der Waals surface area contributed by atoms with Crippen molar-refractivity contribution in [3.63, 3.8) is 0 Å². The van der Waals surface area contributed by atoms with Crippen LogP contribution < -0.4 is 10.6 Å². The molecule has 0 atom stereocenters. The van der Waals surface area contributed by atoms with Crippen LogP contribution in [-0.4, -0.2) is 21.4 Å². The van der Waals surface area contributed by atoms with Gasteiger partial charge in [0, 0.05) is 10.7 Å². The standard InChI is InChI=1S/C22H19ClN4O2/c1-13-6-4-8-17(10-13)26-21(28)19(14(2)24-26)12-20-15(3)25-27(22(20)29)18-9-5-7-16(23)11-18/h4-12,25H,1-3H3/b19-12+. The van der Waals surface area contributed by atoms with Gasteiger partial charge in [-0.3, -0.25) is 14.7 Å². The van der Waals surface area contributed by atoms with Crippen LogP contribution in [0.2, 0.25) is 5.02 Å². The van der Waals surface area contributed by atoms with Crippen molar-refractivity contribution in [1.82, 2.24) is 9.78 Å². The number of hydrogen-bond donors (Lipinski definition) is 1. The molecule has 2 aromatic carbocycles. The molecule has 1 aliphatic rings. The van der Waals surface area contributed by atoms with E-state index in [9.17, 15) is 9.59 Å². The molecule has 0 bridgehead atoms. The van der Waals surface area contributed by atoms with Gasteiger partial charge in [0.2, 0.25) is 0 Å². The van der Waals surface area contributed by atoms with Gasteiger partial charge in [-0.05, 0) is 62.7 Å². The van der Waals surface area contributed by atoms with E-state index >= 15 is 0 Å². The Bertz CT molecular complexity index is 1250. The molecule has 29 heavy (non-hydrogen) atoms. The second-order valence-electron chi connectivity index (χ2n) is 6.97. The predicted octanol–water partition coefficient (Wildman–Crippen LogP) is 4.24. The lowest BCUT2D eigenvalue weighted by Gasteiger charge is -2.12. The number of H-pyrrole nitrogens is 1. The number of nitrogens with zero attached hydrogens (tertiary/aromatic N) is 3. The van der Waals surface area contributed by atoms with Crippen LogP contribution in [0.1, 0.15) is 23.7 Å². The number of nitrogens with one attached hydrogen (secondary N) is 1. The van der Waals surface area contributed by atoms with Gasteiger partial charge in [0.1, 0.15) is 0 Å². The van der Waals surface area contributed by atoms with Crippen molar-refractivity contribution >= 4 is 35.0 Å². The first-order valence-electron chi connectivity index (χ1n) is 9.11. The van der Waals surface area contributed by atoms with Gasteiger partial charge >= 0.3 is 0 Å². The van der Waals surface area contributed by atoms with Gasteiger partial charge < -0.3 is 0 Å². The van der Waals surface area contributed by atoms with Gasteiger partial charge in [-0.25, -0.2) is 4.68 Å². The number of benzene rings is 2. The zero-order valence-electron chi connectivity index (χ0n) is 16.2. The number of hydrogen-bond acceptors (Lipinski definition) is 3. The van der Waals surface area contributed by atoms with Crippen LogP contribution in [0.4, 0.5) is 5.69 Å². The minimum atomic E-state index is -0.262. The van der Waals surface area contributed by atoms with E-state index in [2.05, 4.69) is 10.2 Å². The van der Waals surface area contributed by atoms with Crippen LogP contribution in [-0.2, 0) is 4.79 Å². The van der Waals surface area contributed by atoms with Gasteiger partial charge in [0.25, 0.3) is 11.5 Å². The molecular formula is C22H19ClN4O2. The van der Waals surface area contributed by atoms with Crippen molar-refractivity contribution in [2.45, 2.75) is 20.8 Å². The summed E-state index contributed by atoms with van der Waals surface area (Å²) in [6, 6.07) is 14.6. The molecule has 3 aromatic rings. The van der Waals surface area contributed by atoms with E-state index in [4.69, 9.17) is 11.6 Å². The topological polar surface area (TPSA) is 70.5 Å². The summed E-state index contributed by atoms with van der Waals surface area (Å²) in [4.78, 5) is 26.0. The average molecular weight is 407 g/mol. The van der Waals surface area contributed by atoms with E-state index in [0.29, 0.717) is 38.9 Å². The van der Waals surface area contributed by atoms with E-state index in [-0.39, 0.29) is 11.5 Å². The molecule has 6 nitrogen and oxygen atoms in total. The molecule has 0 saturated heterocycles. The number of aryl methyl sites for hydroxylation is 2. The first-order chi connectivity index (χ1) is 13.8. The van der Waals surface area contributed by atoms with E-state index < -0.39 is 0 Å². The van der Waals surface area contributed by atoms with Crippen LogP contribution in [0.25, 0.3) is 11.8 Å². The van der Waals surface area contributed by atoms with Crippen molar-refractivity contribution in [3.05, 3.63) is 86.3 Å². The Hall–Kier alpha value is -3.38. The monoisotopic (exact) mass is 406 g/mol. The van der Waals surface area contributed by atoms with Crippen molar-refractivity contribution in [2.24, 2.45) is 5.10 Å². The molecular weight excluding hydrogens is 388 g/mol. The molecule has 1 aromatic heterocycles. The lowest BCUT2D eigenvalue weighted by atomic mass is 10.1. The maximum absolute atomic E-state index is 13.0. The van der Waals surface area contributed by atoms with Gasteiger partial charge in [-0.15, -0.1) is 0 Å². The maximum Gasteiger partial charge on any atom is 0.280 e. The Labute approximate surface area is 172 Å².